The number of halogens is 1. The van der Waals surface area contributed by atoms with Gasteiger partial charge in [0.1, 0.15) is 11.6 Å². The fraction of sp³-hybridized carbons (Fsp3) is 0.263. The van der Waals surface area contributed by atoms with Crippen LogP contribution >= 0.6 is 0 Å². The van der Waals surface area contributed by atoms with Gasteiger partial charge < -0.3 is 10.1 Å². The van der Waals surface area contributed by atoms with Crippen molar-refractivity contribution in [2.45, 2.75) is 18.4 Å². The Balaban J connectivity index is 1.91. The summed E-state index contributed by atoms with van der Waals surface area (Å²) in [4.78, 5) is 11.2. The zero-order valence-corrected chi connectivity index (χ0v) is 13.6. The van der Waals surface area contributed by atoms with Gasteiger partial charge in [-0.25, -0.2) is 4.39 Å². The Labute approximate surface area is 144 Å². The highest BCUT2D eigenvalue weighted by molar-refractivity contribution is 5.73. The molecule has 0 saturated heterocycles. The van der Waals surface area contributed by atoms with E-state index in [1.165, 1.54) is 19.2 Å². The van der Waals surface area contributed by atoms with Gasteiger partial charge in [-0.05, 0) is 24.5 Å². The number of nitro benzene ring substituents is 1. The summed E-state index contributed by atoms with van der Waals surface area (Å²) in [5, 5.41) is 14.9. The number of nitro groups is 1. The van der Waals surface area contributed by atoms with E-state index >= 15 is 0 Å². The van der Waals surface area contributed by atoms with Gasteiger partial charge in [0.25, 0.3) is 5.69 Å². The first kappa shape index (κ1) is 15.6. The molecular weight excluding hydrogens is 323 g/mol. The summed E-state index contributed by atoms with van der Waals surface area (Å²) in [6, 6.07) is 9.45. The molecule has 0 amide bonds. The van der Waals surface area contributed by atoms with Crippen molar-refractivity contribution in [3.63, 3.8) is 0 Å². The lowest BCUT2D eigenvalue weighted by Gasteiger charge is -2.37. The van der Waals surface area contributed by atoms with Gasteiger partial charge in [-0.2, -0.15) is 0 Å². The molecule has 2 aromatic rings. The minimum atomic E-state index is -0.368. The van der Waals surface area contributed by atoms with E-state index in [1.807, 2.05) is 12.2 Å². The molecule has 0 aromatic heterocycles. The summed E-state index contributed by atoms with van der Waals surface area (Å²) in [5.74, 6) is 0.130. The van der Waals surface area contributed by atoms with Crippen LogP contribution in [0.1, 0.15) is 29.5 Å². The maximum Gasteiger partial charge on any atom is 0.275 e. The van der Waals surface area contributed by atoms with Crippen LogP contribution in [0.2, 0.25) is 0 Å². The quantitative estimate of drug-likeness (QED) is 0.505. The maximum atomic E-state index is 14.4. The molecule has 2 aromatic carbocycles. The van der Waals surface area contributed by atoms with Gasteiger partial charge >= 0.3 is 0 Å². The summed E-state index contributed by atoms with van der Waals surface area (Å²) in [5.41, 5.74) is 1.84. The molecule has 1 heterocycles. The fourth-order valence-electron chi connectivity index (χ4n) is 4.03. The molecule has 128 valence electrons. The van der Waals surface area contributed by atoms with E-state index < -0.39 is 0 Å². The topological polar surface area (TPSA) is 64.4 Å². The third-order valence-electron chi connectivity index (χ3n) is 5.12. The Morgan fingerprint density at radius 3 is 2.80 bits per heavy atom. The summed E-state index contributed by atoms with van der Waals surface area (Å²) < 4.78 is 19.8. The Bertz CT molecular complexity index is 881. The average molecular weight is 340 g/mol. The Morgan fingerprint density at radius 2 is 2.08 bits per heavy atom. The standard InChI is InChI=1S/C19H17FN2O3/c1-25-16-10-9-15(22(23)24)17-11-6-4-7-12(11)18(21-19(16)17)13-5-2-3-8-14(13)20/h2-6,8-12,18,21H,7H2,1H3/t11-,12+,18+/m1/s1. The molecule has 5 nitrogen and oxygen atoms in total. The molecule has 2 aliphatic rings. The van der Waals surface area contributed by atoms with Crippen LogP contribution < -0.4 is 10.1 Å². The molecule has 3 atom stereocenters. The molecule has 0 fully saturated rings. The first-order chi connectivity index (χ1) is 12.1. The van der Waals surface area contributed by atoms with Crippen LogP contribution in [0.4, 0.5) is 15.8 Å². The highest BCUT2D eigenvalue weighted by Gasteiger charge is 2.43. The molecule has 0 saturated carbocycles. The number of hydrogen-bond acceptors (Lipinski definition) is 4. The number of allylic oxidation sites excluding steroid dienone is 2. The van der Waals surface area contributed by atoms with Crippen LogP contribution in [0.15, 0.2) is 48.6 Å². The number of rotatable bonds is 3. The Hall–Kier alpha value is -2.89. The van der Waals surface area contributed by atoms with Crippen molar-refractivity contribution < 1.29 is 14.1 Å². The lowest BCUT2D eigenvalue weighted by molar-refractivity contribution is -0.385. The minimum Gasteiger partial charge on any atom is -0.495 e. The van der Waals surface area contributed by atoms with E-state index in [1.54, 1.807) is 24.3 Å². The van der Waals surface area contributed by atoms with Crippen LogP contribution in [-0.2, 0) is 0 Å². The molecule has 6 heteroatoms. The zero-order valence-electron chi connectivity index (χ0n) is 13.6. The first-order valence-electron chi connectivity index (χ1n) is 8.14. The van der Waals surface area contributed by atoms with E-state index in [0.717, 1.165) is 6.42 Å². The molecule has 4 rings (SSSR count). The number of hydrogen-bond donors (Lipinski definition) is 1. The summed E-state index contributed by atoms with van der Waals surface area (Å²) in [7, 11) is 1.53. The van der Waals surface area contributed by atoms with E-state index in [9.17, 15) is 14.5 Å². The Kier molecular flexibility index (Phi) is 3.67. The van der Waals surface area contributed by atoms with E-state index in [0.29, 0.717) is 22.6 Å². The van der Waals surface area contributed by atoms with Crippen molar-refractivity contribution >= 4 is 11.4 Å². The number of fused-ring (bicyclic) bond motifs is 3. The highest BCUT2D eigenvalue weighted by atomic mass is 19.1. The van der Waals surface area contributed by atoms with Crippen molar-refractivity contribution in [2.75, 3.05) is 12.4 Å². The zero-order chi connectivity index (χ0) is 17.6. The van der Waals surface area contributed by atoms with Crippen LogP contribution in [0.5, 0.6) is 5.75 Å². The Morgan fingerprint density at radius 1 is 1.28 bits per heavy atom. The summed E-state index contributed by atoms with van der Waals surface area (Å²) in [6.07, 6.45) is 4.75. The lowest BCUT2D eigenvalue weighted by atomic mass is 9.76. The predicted octanol–water partition coefficient (Wildman–Crippen LogP) is 4.57. The minimum absolute atomic E-state index is 0.0233. The molecule has 0 radical (unpaired) electrons. The third-order valence-corrected chi connectivity index (χ3v) is 5.12. The van der Waals surface area contributed by atoms with E-state index in [2.05, 4.69) is 5.32 Å². The first-order valence-corrected chi connectivity index (χ1v) is 8.14. The molecule has 1 aliphatic heterocycles. The monoisotopic (exact) mass is 340 g/mol. The molecule has 0 spiro atoms. The van der Waals surface area contributed by atoms with E-state index in [-0.39, 0.29) is 34.3 Å². The second kappa shape index (κ2) is 5.88. The normalized spacial score (nSPS) is 23.5. The fourth-order valence-corrected chi connectivity index (χ4v) is 4.03. The number of nitrogens with one attached hydrogen (secondary N) is 1. The van der Waals surface area contributed by atoms with Crippen LogP contribution in [0, 0.1) is 21.8 Å². The predicted molar refractivity (Wildman–Crippen MR) is 92.4 cm³/mol. The largest absolute Gasteiger partial charge is 0.495 e. The summed E-state index contributed by atoms with van der Waals surface area (Å²) in [6.45, 7) is 0. The van der Waals surface area contributed by atoms with Gasteiger partial charge in [-0.1, -0.05) is 30.4 Å². The van der Waals surface area contributed by atoms with Crippen molar-refractivity contribution in [1.82, 2.24) is 0 Å². The van der Waals surface area contributed by atoms with Gasteiger partial charge in [-0.15, -0.1) is 0 Å². The highest BCUT2D eigenvalue weighted by Crippen LogP contribution is 2.55. The van der Waals surface area contributed by atoms with Crippen molar-refractivity contribution in [2.24, 2.45) is 5.92 Å². The SMILES string of the molecule is COc1ccc([N+](=O)[O-])c2c1N[C@H](c1ccccc1F)[C@H]1CC=C[C@@H]21. The van der Waals surface area contributed by atoms with Crippen molar-refractivity contribution in [3.8, 4) is 5.75 Å². The second-order valence-electron chi connectivity index (χ2n) is 6.33. The smallest absolute Gasteiger partial charge is 0.275 e. The molecular formula is C19H17FN2O3. The lowest BCUT2D eigenvalue weighted by Crippen LogP contribution is -2.30. The average Bonchev–Trinajstić information content (AvgIpc) is 3.10. The van der Waals surface area contributed by atoms with Gasteiger partial charge in [-0.3, -0.25) is 10.1 Å². The maximum absolute atomic E-state index is 14.4. The van der Waals surface area contributed by atoms with Crippen LogP contribution in [-0.4, -0.2) is 12.0 Å². The number of anilines is 1. The number of benzene rings is 2. The van der Waals surface area contributed by atoms with Gasteiger partial charge in [0.05, 0.1) is 29.3 Å². The number of methoxy groups -OCH3 is 1. The molecule has 1 N–H and O–H groups in total. The van der Waals surface area contributed by atoms with Crippen molar-refractivity contribution in [1.29, 1.82) is 0 Å². The number of ether oxygens (including phenoxy) is 1. The van der Waals surface area contributed by atoms with E-state index in [4.69, 9.17) is 4.74 Å². The van der Waals surface area contributed by atoms with Gasteiger partial charge in [0.15, 0.2) is 0 Å². The number of nitrogens with zero attached hydrogens (tertiary/aromatic N) is 1. The van der Waals surface area contributed by atoms with Crippen LogP contribution in [0.25, 0.3) is 0 Å². The molecule has 0 unspecified atom stereocenters. The van der Waals surface area contributed by atoms with Gasteiger partial charge in [0, 0.05) is 17.5 Å². The third kappa shape index (κ3) is 2.36. The second-order valence-corrected chi connectivity index (χ2v) is 6.33. The molecule has 1 aliphatic carbocycles. The van der Waals surface area contributed by atoms with Crippen LogP contribution in [0.3, 0.4) is 0 Å². The molecule has 0 bridgehead atoms. The van der Waals surface area contributed by atoms with Gasteiger partial charge in [0.2, 0.25) is 0 Å². The summed E-state index contributed by atoms with van der Waals surface area (Å²) >= 11 is 0. The van der Waals surface area contributed by atoms with Crippen molar-refractivity contribution in [3.05, 3.63) is 75.6 Å². The molecule has 25 heavy (non-hydrogen) atoms.